The van der Waals surface area contributed by atoms with Crippen LogP contribution < -0.4 is 0 Å². The van der Waals surface area contributed by atoms with Crippen molar-refractivity contribution in [2.75, 3.05) is 7.11 Å². The first-order valence-electron chi connectivity index (χ1n) is 6.57. The summed E-state index contributed by atoms with van der Waals surface area (Å²) in [5.41, 5.74) is 3.77. The van der Waals surface area contributed by atoms with Crippen LogP contribution in [0.15, 0.2) is 42.6 Å². The van der Waals surface area contributed by atoms with E-state index < -0.39 is 0 Å². The highest BCUT2D eigenvalue weighted by atomic mass is 16.5. The maximum Gasteiger partial charge on any atom is 0.337 e. The Labute approximate surface area is 119 Å². The molecule has 0 fully saturated rings. The monoisotopic (exact) mass is 269 g/mol. The Kier molecular flexibility index (Phi) is 3.89. The number of carbonyl (C=O) groups excluding carboxylic acids is 1. The van der Waals surface area contributed by atoms with Gasteiger partial charge < -0.3 is 4.74 Å². The van der Waals surface area contributed by atoms with Gasteiger partial charge in [0, 0.05) is 11.8 Å². The van der Waals surface area contributed by atoms with Crippen LogP contribution in [0.3, 0.4) is 0 Å². The largest absolute Gasteiger partial charge is 0.465 e. The summed E-state index contributed by atoms with van der Waals surface area (Å²) >= 11 is 0. The molecule has 0 N–H and O–H groups in total. The van der Waals surface area contributed by atoms with Gasteiger partial charge >= 0.3 is 5.97 Å². The van der Waals surface area contributed by atoms with E-state index in [0.29, 0.717) is 5.56 Å². The van der Waals surface area contributed by atoms with Crippen molar-refractivity contribution in [1.82, 2.24) is 4.98 Å². The predicted molar refractivity (Wildman–Crippen MR) is 79.7 cm³/mol. The van der Waals surface area contributed by atoms with Crippen LogP contribution >= 0.6 is 0 Å². The van der Waals surface area contributed by atoms with Gasteiger partial charge in [-0.2, -0.15) is 0 Å². The molecule has 0 aliphatic heterocycles. The molecular weight excluding hydrogens is 250 g/mol. The number of ether oxygens (including phenoxy) is 1. The number of methoxy groups -OCH3 is 1. The Balaban J connectivity index is 2.35. The molecule has 1 aromatic heterocycles. The summed E-state index contributed by atoms with van der Waals surface area (Å²) in [6.07, 6.45) is 1.82. The third-order valence-electron chi connectivity index (χ3n) is 3.23. The van der Waals surface area contributed by atoms with Gasteiger partial charge in [0.05, 0.1) is 18.4 Å². The lowest BCUT2D eigenvalue weighted by atomic mass is 9.87. The summed E-state index contributed by atoms with van der Waals surface area (Å²) in [6, 6.07) is 11.4. The molecule has 0 aliphatic rings. The lowest BCUT2D eigenvalue weighted by Gasteiger charge is -2.19. The Morgan fingerprint density at radius 1 is 1.10 bits per heavy atom. The standard InChI is InChI=1S/C17H19NO2/c1-17(2,3)14-9-10-18-15(11-14)12-5-7-13(8-6-12)16(19)20-4/h5-11H,1-4H3. The molecule has 2 aromatic rings. The van der Waals surface area contributed by atoms with Crippen molar-refractivity contribution in [3.05, 3.63) is 53.7 Å². The number of aromatic nitrogens is 1. The number of esters is 1. The molecule has 104 valence electrons. The van der Waals surface area contributed by atoms with E-state index in [9.17, 15) is 4.79 Å². The maximum absolute atomic E-state index is 11.4. The fourth-order valence-electron chi connectivity index (χ4n) is 1.95. The molecule has 0 spiro atoms. The van der Waals surface area contributed by atoms with Gasteiger partial charge in [0.1, 0.15) is 0 Å². The van der Waals surface area contributed by atoms with E-state index in [2.05, 4.69) is 31.8 Å². The Morgan fingerprint density at radius 2 is 1.75 bits per heavy atom. The molecule has 0 bridgehead atoms. The molecule has 0 saturated heterocycles. The second-order valence-corrected chi connectivity index (χ2v) is 5.75. The second-order valence-electron chi connectivity index (χ2n) is 5.75. The molecule has 3 heteroatoms. The minimum absolute atomic E-state index is 0.0870. The minimum Gasteiger partial charge on any atom is -0.465 e. The highest BCUT2D eigenvalue weighted by Crippen LogP contribution is 2.26. The normalized spacial score (nSPS) is 11.2. The van der Waals surface area contributed by atoms with Crippen LogP contribution in [0.1, 0.15) is 36.7 Å². The van der Waals surface area contributed by atoms with E-state index in [1.807, 2.05) is 24.4 Å². The SMILES string of the molecule is COC(=O)c1ccc(-c2cc(C(C)(C)C)ccn2)cc1. The summed E-state index contributed by atoms with van der Waals surface area (Å²) in [6.45, 7) is 6.52. The number of rotatable bonds is 2. The summed E-state index contributed by atoms with van der Waals surface area (Å²) in [4.78, 5) is 15.8. The lowest BCUT2D eigenvalue weighted by Crippen LogP contribution is -2.11. The van der Waals surface area contributed by atoms with Crippen molar-refractivity contribution in [2.24, 2.45) is 0 Å². The van der Waals surface area contributed by atoms with Crippen LogP contribution in [0.4, 0.5) is 0 Å². The molecule has 2 rings (SSSR count). The molecule has 0 saturated carbocycles. The molecule has 1 aromatic carbocycles. The van der Waals surface area contributed by atoms with Gasteiger partial charge in [-0.3, -0.25) is 4.98 Å². The van der Waals surface area contributed by atoms with Gasteiger partial charge in [-0.15, -0.1) is 0 Å². The van der Waals surface area contributed by atoms with E-state index in [-0.39, 0.29) is 11.4 Å². The molecule has 3 nitrogen and oxygen atoms in total. The van der Waals surface area contributed by atoms with Crippen molar-refractivity contribution in [1.29, 1.82) is 0 Å². The number of hydrogen-bond donors (Lipinski definition) is 0. The molecule has 0 aliphatic carbocycles. The van der Waals surface area contributed by atoms with Crippen LogP contribution in [-0.4, -0.2) is 18.1 Å². The third-order valence-corrected chi connectivity index (χ3v) is 3.23. The van der Waals surface area contributed by atoms with Crippen LogP contribution in [-0.2, 0) is 10.2 Å². The number of carbonyl (C=O) groups is 1. The molecule has 0 amide bonds. The number of benzene rings is 1. The van der Waals surface area contributed by atoms with Gasteiger partial charge in [-0.25, -0.2) is 4.79 Å². The zero-order valence-electron chi connectivity index (χ0n) is 12.3. The second kappa shape index (κ2) is 5.45. The van der Waals surface area contributed by atoms with E-state index in [0.717, 1.165) is 11.3 Å². The molecule has 20 heavy (non-hydrogen) atoms. The molecular formula is C17H19NO2. The molecule has 1 heterocycles. The van der Waals surface area contributed by atoms with E-state index >= 15 is 0 Å². The zero-order valence-corrected chi connectivity index (χ0v) is 12.3. The highest BCUT2D eigenvalue weighted by Gasteiger charge is 2.14. The third kappa shape index (κ3) is 3.05. The molecule has 0 radical (unpaired) electrons. The van der Waals surface area contributed by atoms with E-state index in [1.54, 1.807) is 12.1 Å². The van der Waals surface area contributed by atoms with Crippen LogP contribution in [0.5, 0.6) is 0 Å². The summed E-state index contributed by atoms with van der Waals surface area (Å²) in [5, 5.41) is 0. The number of nitrogens with zero attached hydrogens (tertiary/aromatic N) is 1. The predicted octanol–water partition coefficient (Wildman–Crippen LogP) is 3.83. The van der Waals surface area contributed by atoms with E-state index in [1.165, 1.54) is 12.7 Å². The summed E-state index contributed by atoms with van der Waals surface area (Å²) < 4.78 is 4.69. The maximum atomic E-state index is 11.4. The smallest absolute Gasteiger partial charge is 0.337 e. The fourth-order valence-corrected chi connectivity index (χ4v) is 1.95. The van der Waals surface area contributed by atoms with Gasteiger partial charge in [0.25, 0.3) is 0 Å². The molecule has 0 atom stereocenters. The van der Waals surface area contributed by atoms with E-state index in [4.69, 9.17) is 4.74 Å². The first-order valence-corrected chi connectivity index (χ1v) is 6.57. The highest BCUT2D eigenvalue weighted by molar-refractivity contribution is 5.89. The van der Waals surface area contributed by atoms with Gasteiger partial charge in [0.2, 0.25) is 0 Å². The average Bonchev–Trinajstić information content (AvgIpc) is 2.46. The van der Waals surface area contributed by atoms with Crippen molar-refractivity contribution in [2.45, 2.75) is 26.2 Å². The first-order chi connectivity index (χ1) is 9.41. The topological polar surface area (TPSA) is 39.2 Å². The Bertz CT molecular complexity index is 610. The van der Waals surface area contributed by atoms with Crippen molar-refractivity contribution in [3.63, 3.8) is 0 Å². The Morgan fingerprint density at radius 3 is 2.30 bits per heavy atom. The van der Waals surface area contributed by atoms with Gasteiger partial charge in [0.15, 0.2) is 0 Å². The Hall–Kier alpha value is -2.16. The number of hydrogen-bond acceptors (Lipinski definition) is 3. The van der Waals surface area contributed by atoms with Crippen LogP contribution in [0.2, 0.25) is 0 Å². The number of pyridine rings is 1. The van der Waals surface area contributed by atoms with Gasteiger partial charge in [-0.1, -0.05) is 32.9 Å². The van der Waals surface area contributed by atoms with Gasteiger partial charge in [-0.05, 0) is 35.2 Å². The quantitative estimate of drug-likeness (QED) is 0.778. The average molecular weight is 269 g/mol. The fraction of sp³-hybridized carbons (Fsp3) is 0.294. The van der Waals surface area contributed by atoms with Crippen molar-refractivity contribution < 1.29 is 9.53 Å². The van der Waals surface area contributed by atoms with Crippen LogP contribution in [0, 0.1) is 0 Å². The van der Waals surface area contributed by atoms with Crippen molar-refractivity contribution in [3.8, 4) is 11.3 Å². The summed E-state index contributed by atoms with van der Waals surface area (Å²) in [5.74, 6) is -0.326. The molecule has 0 unspecified atom stereocenters. The van der Waals surface area contributed by atoms with Crippen molar-refractivity contribution >= 4 is 5.97 Å². The van der Waals surface area contributed by atoms with Crippen LogP contribution in [0.25, 0.3) is 11.3 Å². The summed E-state index contributed by atoms with van der Waals surface area (Å²) in [7, 11) is 1.38. The minimum atomic E-state index is -0.326. The first kappa shape index (κ1) is 14.3. The zero-order chi connectivity index (χ0) is 14.8. The lowest BCUT2D eigenvalue weighted by molar-refractivity contribution is 0.0601.